The van der Waals surface area contributed by atoms with Crippen LogP contribution in [0.1, 0.15) is 40.0 Å². The summed E-state index contributed by atoms with van der Waals surface area (Å²) in [6, 6.07) is 0.878. The maximum atomic E-state index is 5.35. The van der Waals surface area contributed by atoms with Crippen molar-refractivity contribution in [2.45, 2.75) is 57.7 Å². The zero-order valence-corrected chi connectivity index (χ0v) is 9.38. The lowest BCUT2D eigenvalue weighted by molar-refractivity contribution is 0.359. The fourth-order valence-electron chi connectivity index (χ4n) is 2.03. The first-order valence-corrected chi connectivity index (χ1v) is 5.23. The summed E-state index contributed by atoms with van der Waals surface area (Å²) in [7, 11) is 0. The topological polar surface area (TPSA) is 76.4 Å². The van der Waals surface area contributed by atoms with Gasteiger partial charge in [-0.25, -0.2) is 0 Å². The molecule has 0 aromatic rings. The van der Waals surface area contributed by atoms with E-state index in [2.05, 4.69) is 31.1 Å². The van der Waals surface area contributed by atoms with Crippen molar-refractivity contribution in [3.63, 3.8) is 0 Å². The molecule has 0 heterocycles. The van der Waals surface area contributed by atoms with Gasteiger partial charge in [0.25, 0.3) is 0 Å². The van der Waals surface area contributed by atoms with Gasteiger partial charge in [-0.2, -0.15) is 0 Å². The first-order chi connectivity index (χ1) is 6.37. The van der Waals surface area contributed by atoms with Crippen LogP contribution < -0.4 is 16.8 Å². The minimum atomic E-state index is 0.178. The molecule has 2 unspecified atom stereocenters. The summed E-state index contributed by atoms with van der Waals surface area (Å²) in [6.45, 7) is 6.54. The van der Waals surface area contributed by atoms with Gasteiger partial charge in [-0.15, -0.1) is 0 Å². The van der Waals surface area contributed by atoms with Crippen LogP contribution in [0.5, 0.6) is 0 Å². The Morgan fingerprint density at radius 2 is 1.93 bits per heavy atom. The van der Waals surface area contributed by atoms with Gasteiger partial charge in [-0.1, -0.05) is 0 Å². The van der Waals surface area contributed by atoms with Gasteiger partial charge in [0.15, 0.2) is 5.96 Å². The summed E-state index contributed by atoms with van der Waals surface area (Å²) in [5, 5.41) is 3.57. The molecule has 0 aromatic carbocycles. The lowest BCUT2D eigenvalue weighted by Gasteiger charge is -2.25. The van der Waals surface area contributed by atoms with Crippen LogP contribution in [0.15, 0.2) is 4.99 Å². The van der Waals surface area contributed by atoms with Crippen molar-refractivity contribution in [1.82, 2.24) is 5.32 Å². The maximum Gasteiger partial charge on any atom is 0.186 e. The summed E-state index contributed by atoms with van der Waals surface area (Å²) in [6.07, 6.45) is 3.31. The second-order valence-corrected chi connectivity index (χ2v) is 5.11. The second kappa shape index (κ2) is 4.17. The maximum absolute atomic E-state index is 5.35. The molecular weight excluding hydrogens is 176 g/mol. The summed E-state index contributed by atoms with van der Waals surface area (Å²) in [5.74, 6) is 0.214. The molecule has 5 N–H and O–H groups in total. The molecule has 1 fully saturated rings. The number of hydrogen-bond donors (Lipinski definition) is 3. The number of nitrogens with one attached hydrogen (secondary N) is 1. The van der Waals surface area contributed by atoms with Crippen molar-refractivity contribution in [3.8, 4) is 0 Å². The van der Waals surface area contributed by atoms with Gasteiger partial charge >= 0.3 is 0 Å². The van der Waals surface area contributed by atoms with Gasteiger partial charge < -0.3 is 16.8 Å². The molecule has 4 heteroatoms. The Morgan fingerprint density at radius 1 is 1.29 bits per heavy atom. The Labute approximate surface area is 86.1 Å². The minimum absolute atomic E-state index is 0.178. The van der Waals surface area contributed by atoms with Crippen molar-refractivity contribution in [2.75, 3.05) is 0 Å². The van der Waals surface area contributed by atoms with Gasteiger partial charge in [0.05, 0.1) is 6.04 Å². The summed E-state index contributed by atoms with van der Waals surface area (Å²) in [5.41, 5.74) is 10.9. The van der Waals surface area contributed by atoms with Gasteiger partial charge in [-0.3, -0.25) is 4.99 Å². The fourth-order valence-corrected chi connectivity index (χ4v) is 2.03. The average molecular weight is 198 g/mol. The van der Waals surface area contributed by atoms with E-state index in [1.54, 1.807) is 0 Å². The Morgan fingerprint density at radius 3 is 2.43 bits per heavy atom. The molecule has 0 bridgehead atoms. The molecule has 1 rings (SSSR count). The molecule has 1 aliphatic carbocycles. The number of rotatable bonds is 2. The molecule has 0 aliphatic heterocycles. The summed E-state index contributed by atoms with van der Waals surface area (Å²) >= 11 is 0. The minimum Gasteiger partial charge on any atom is -0.370 e. The van der Waals surface area contributed by atoms with Crippen LogP contribution in [-0.4, -0.2) is 23.6 Å². The van der Waals surface area contributed by atoms with Crippen LogP contribution in [0.4, 0.5) is 0 Å². The van der Waals surface area contributed by atoms with Crippen molar-refractivity contribution in [1.29, 1.82) is 0 Å². The van der Waals surface area contributed by atoms with Crippen LogP contribution in [-0.2, 0) is 0 Å². The smallest absolute Gasteiger partial charge is 0.186 e. The van der Waals surface area contributed by atoms with Crippen LogP contribution in [0.3, 0.4) is 0 Å². The van der Waals surface area contributed by atoms with Crippen molar-refractivity contribution in [3.05, 3.63) is 0 Å². The van der Waals surface area contributed by atoms with Gasteiger partial charge in [-0.05, 0) is 40.0 Å². The molecule has 82 valence electrons. The normalized spacial score (nSPS) is 27.6. The Balaban J connectivity index is 2.38. The monoisotopic (exact) mass is 198 g/mol. The van der Waals surface area contributed by atoms with Crippen molar-refractivity contribution in [2.24, 2.45) is 16.5 Å². The van der Waals surface area contributed by atoms with Crippen molar-refractivity contribution >= 4 is 5.96 Å². The second-order valence-electron chi connectivity index (χ2n) is 5.11. The third-order valence-electron chi connectivity index (χ3n) is 2.37. The molecule has 0 radical (unpaired) electrons. The highest BCUT2D eigenvalue weighted by atomic mass is 15.0. The highest BCUT2D eigenvalue weighted by molar-refractivity contribution is 5.75. The molecule has 0 spiro atoms. The quantitative estimate of drug-likeness (QED) is 0.448. The molecule has 14 heavy (non-hydrogen) atoms. The Kier molecular flexibility index (Phi) is 3.37. The van der Waals surface area contributed by atoms with Gasteiger partial charge in [0.1, 0.15) is 0 Å². The first kappa shape index (κ1) is 11.3. The number of aliphatic imine (C=N–C) groups is 1. The largest absolute Gasteiger partial charge is 0.370 e. The third-order valence-corrected chi connectivity index (χ3v) is 2.37. The standard InChI is InChI=1S/C10H22N4/c1-10(2,3)14-8-5-4-7(6-8)13-9(11)12/h7-8,14H,4-6H2,1-3H3,(H4,11,12,13). The Hall–Kier alpha value is -0.770. The number of guanidine groups is 1. The predicted molar refractivity (Wildman–Crippen MR) is 60.1 cm³/mol. The fraction of sp³-hybridized carbons (Fsp3) is 0.900. The lowest BCUT2D eigenvalue weighted by Crippen LogP contribution is -2.42. The zero-order chi connectivity index (χ0) is 10.8. The lowest BCUT2D eigenvalue weighted by atomic mass is 10.1. The SMILES string of the molecule is CC(C)(C)NC1CCC(N=C(N)N)C1. The Bertz CT molecular complexity index is 213. The molecule has 0 aromatic heterocycles. The molecule has 1 aliphatic rings. The molecule has 0 amide bonds. The van der Waals surface area contributed by atoms with Gasteiger partial charge in [0.2, 0.25) is 0 Å². The van der Waals surface area contributed by atoms with E-state index in [1.165, 1.54) is 6.42 Å². The molecule has 4 nitrogen and oxygen atoms in total. The van der Waals surface area contributed by atoms with E-state index in [9.17, 15) is 0 Å². The zero-order valence-electron chi connectivity index (χ0n) is 9.38. The van der Waals surface area contributed by atoms with E-state index in [1.807, 2.05) is 0 Å². The molecule has 1 saturated carbocycles. The number of nitrogens with two attached hydrogens (primary N) is 2. The van der Waals surface area contributed by atoms with Crippen LogP contribution in [0, 0.1) is 0 Å². The van der Waals surface area contributed by atoms with E-state index >= 15 is 0 Å². The average Bonchev–Trinajstić information content (AvgIpc) is 2.30. The summed E-state index contributed by atoms with van der Waals surface area (Å²) < 4.78 is 0. The van der Waals surface area contributed by atoms with E-state index in [0.29, 0.717) is 12.1 Å². The number of nitrogens with zero attached hydrogens (tertiary/aromatic N) is 1. The van der Waals surface area contributed by atoms with Crippen molar-refractivity contribution < 1.29 is 0 Å². The highest BCUT2D eigenvalue weighted by Gasteiger charge is 2.26. The predicted octanol–water partition coefficient (Wildman–Crippen LogP) is 0.569. The summed E-state index contributed by atoms with van der Waals surface area (Å²) in [4.78, 5) is 4.19. The van der Waals surface area contributed by atoms with Crippen LogP contribution in [0.25, 0.3) is 0 Å². The van der Waals surface area contributed by atoms with Crippen LogP contribution >= 0.6 is 0 Å². The van der Waals surface area contributed by atoms with Crippen LogP contribution in [0.2, 0.25) is 0 Å². The molecular formula is C10H22N4. The van der Waals surface area contributed by atoms with Gasteiger partial charge in [0, 0.05) is 11.6 Å². The third kappa shape index (κ3) is 3.96. The molecule has 0 saturated heterocycles. The number of hydrogen-bond acceptors (Lipinski definition) is 2. The van der Waals surface area contributed by atoms with E-state index in [0.717, 1.165) is 12.8 Å². The van der Waals surface area contributed by atoms with E-state index in [-0.39, 0.29) is 11.5 Å². The van der Waals surface area contributed by atoms with E-state index < -0.39 is 0 Å². The highest BCUT2D eigenvalue weighted by Crippen LogP contribution is 2.23. The van der Waals surface area contributed by atoms with E-state index in [4.69, 9.17) is 11.5 Å². The first-order valence-electron chi connectivity index (χ1n) is 5.23. The molecule has 2 atom stereocenters.